The molecule has 96 valence electrons. The summed E-state index contributed by atoms with van der Waals surface area (Å²) in [5.74, 6) is 0.658. The molecule has 1 aliphatic rings. The molecular formula is C13H23N3S. The Bertz CT molecular complexity index is 355. The summed E-state index contributed by atoms with van der Waals surface area (Å²) in [7, 11) is 0. The first-order chi connectivity index (χ1) is 8.10. The standard InChI is InChI=1S/C13H23N3S/c1-4-11-7-16(6-5-12(11)14)8-13-15-9(2)10(3)17-13/h11-12H,4-8,14H2,1-3H3. The van der Waals surface area contributed by atoms with Crippen LogP contribution in [0.2, 0.25) is 0 Å². The van der Waals surface area contributed by atoms with Crippen molar-refractivity contribution in [2.75, 3.05) is 13.1 Å². The first kappa shape index (κ1) is 13.0. The first-order valence-corrected chi connectivity index (χ1v) is 7.32. The van der Waals surface area contributed by atoms with Crippen molar-refractivity contribution in [2.45, 2.75) is 46.2 Å². The maximum atomic E-state index is 6.13. The number of likely N-dealkylation sites (tertiary alicyclic amines) is 1. The van der Waals surface area contributed by atoms with Gasteiger partial charge in [-0.05, 0) is 26.2 Å². The SMILES string of the molecule is CCC1CN(Cc2nc(C)c(C)s2)CCC1N. The van der Waals surface area contributed by atoms with Crippen LogP contribution in [0.15, 0.2) is 0 Å². The number of hydrogen-bond donors (Lipinski definition) is 1. The van der Waals surface area contributed by atoms with Crippen LogP contribution >= 0.6 is 11.3 Å². The Labute approximate surface area is 108 Å². The molecule has 2 heterocycles. The molecule has 1 saturated heterocycles. The molecule has 1 fully saturated rings. The third-order valence-corrected chi connectivity index (χ3v) is 4.89. The van der Waals surface area contributed by atoms with Crippen molar-refractivity contribution >= 4 is 11.3 Å². The quantitative estimate of drug-likeness (QED) is 0.899. The van der Waals surface area contributed by atoms with Gasteiger partial charge in [-0.3, -0.25) is 4.90 Å². The van der Waals surface area contributed by atoms with Gasteiger partial charge in [-0.25, -0.2) is 4.98 Å². The maximum Gasteiger partial charge on any atom is 0.107 e. The topological polar surface area (TPSA) is 42.2 Å². The molecule has 4 heteroatoms. The van der Waals surface area contributed by atoms with Gasteiger partial charge >= 0.3 is 0 Å². The fourth-order valence-electron chi connectivity index (χ4n) is 2.50. The second-order valence-corrected chi connectivity index (χ2v) is 6.39. The molecule has 1 aliphatic heterocycles. The van der Waals surface area contributed by atoms with Crippen molar-refractivity contribution < 1.29 is 0 Å². The van der Waals surface area contributed by atoms with Gasteiger partial charge in [-0.1, -0.05) is 13.3 Å². The van der Waals surface area contributed by atoms with Crippen LogP contribution in [0.5, 0.6) is 0 Å². The van der Waals surface area contributed by atoms with E-state index in [1.807, 2.05) is 11.3 Å². The number of aromatic nitrogens is 1. The van der Waals surface area contributed by atoms with Crippen molar-refractivity contribution in [3.8, 4) is 0 Å². The zero-order valence-electron chi connectivity index (χ0n) is 11.1. The minimum Gasteiger partial charge on any atom is -0.327 e. The molecular weight excluding hydrogens is 230 g/mol. The summed E-state index contributed by atoms with van der Waals surface area (Å²) in [6.07, 6.45) is 2.31. The fraction of sp³-hybridized carbons (Fsp3) is 0.769. The molecule has 3 nitrogen and oxygen atoms in total. The lowest BCUT2D eigenvalue weighted by Crippen LogP contribution is -2.46. The number of piperidine rings is 1. The largest absolute Gasteiger partial charge is 0.327 e. The second-order valence-electron chi connectivity index (χ2n) is 5.11. The van der Waals surface area contributed by atoms with E-state index in [1.54, 1.807) is 0 Å². The minimum absolute atomic E-state index is 0.399. The van der Waals surface area contributed by atoms with Gasteiger partial charge in [-0.15, -0.1) is 11.3 Å². The summed E-state index contributed by atoms with van der Waals surface area (Å²) < 4.78 is 0. The number of nitrogens with two attached hydrogens (primary N) is 1. The van der Waals surface area contributed by atoms with Gasteiger partial charge in [0.1, 0.15) is 5.01 Å². The van der Waals surface area contributed by atoms with Crippen LogP contribution in [0.3, 0.4) is 0 Å². The van der Waals surface area contributed by atoms with Crippen molar-refractivity contribution in [1.29, 1.82) is 0 Å². The summed E-state index contributed by atoms with van der Waals surface area (Å²) in [4.78, 5) is 8.48. The highest BCUT2D eigenvalue weighted by molar-refractivity contribution is 7.11. The zero-order valence-corrected chi connectivity index (χ0v) is 11.9. The van der Waals surface area contributed by atoms with Gasteiger partial charge in [0, 0.05) is 24.0 Å². The Morgan fingerprint density at radius 2 is 2.24 bits per heavy atom. The molecule has 1 aromatic heterocycles. The van der Waals surface area contributed by atoms with Crippen molar-refractivity contribution in [3.63, 3.8) is 0 Å². The average molecular weight is 253 g/mol. The van der Waals surface area contributed by atoms with Crippen LogP contribution in [-0.4, -0.2) is 29.0 Å². The van der Waals surface area contributed by atoms with Gasteiger partial charge < -0.3 is 5.73 Å². The summed E-state index contributed by atoms with van der Waals surface area (Å²) in [6.45, 7) is 9.74. The van der Waals surface area contributed by atoms with Gasteiger partial charge in [-0.2, -0.15) is 0 Å². The molecule has 2 rings (SSSR count). The molecule has 0 radical (unpaired) electrons. The number of thiazole rings is 1. The minimum atomic E-state index is 0.399. The van der Waals surface area contributed by atoms with Gasteiger partial charge in [0.15, 0.2) is 0 Å². The van der Waals surface area contributed by atoms with Crippen LogP contribution in [0.25, 0.3) is 0 Å². The van der Waals surface area contributed by atoms with Gasteiger partial charge in [0.2, 0.25) is 0 Å². The van der Waals surface area contributed by atoms with Crippen LogP contribution in [-0.2, 0) is 6.54 Å². The highest BCUT2D eigenvalue weighted by Crippen LogP contribution is 2.23. The maximum absolute atomic E-state index is 6.13. The Balaban J connectivity index is 1.95. The molecule has 17 heavy (non-hydrogen) atoms. The first-order valence-electron chi connectivity index (χ1n) is 6.51. The predicted octanol–water partition coefficient (Wildman–Crippen LogP) is 2.32. The molecule has 2 atom stereocenters. The molecule has 2 N–H and O–H groups in total. The average Bonchev–Trinajstić information content (AvgIpc) is 2.61. The lowest BCUT2D eigenvalue weighted by molar-refractivity contribution is 0.145. The van der Waals surface area contributed by atoms with Gasteiger partial charge in [0.25, 0.3) is 0 Å². The van der Waals surface area contributed by atoms with E-state index in [9.17, 15) is 0 Å². The summed E-state index contributed by atoms with van der Waals surface area (Å²) in [5.41, 5.74) is 7.32. The van der Waals surface area contributed by atoms with E-state index in [1.165, 1.54) is 22.0 Å². The van der Waals surface area contributed by atoms with Crippen LogP contribution in [0.1, 0.15) is 35.3 Å². The van der Waals surface area contributed by atoms with E-state index >= 15 is 0 Å². The number of rotatable bonds is 3. The predicted molar refractivity (Wildman–Crippen MR) is 73.2 cm³/mol. The highest BCUT2D eigenvalue weighted by atomic mass is 32.1. The molecule has 2 unspecified atom stereocenters. The molecule has 0 spiro atoms. The summed E-state index contributed by atoms with van der Waals surface area (Å²) >= 11 is 1.83. The van der Waals surface area contributed by atoms with Crippen LogP contribution in [0, 0.1) is 19.8 Å². The summed E-state index contributed by atoms with van der Waals surface area (Å²) in [6, 6.07) is 0.399. The molecule has 0 bridgehead atoms. The number of hydrogen-bond acceptors (Lipinski definition) is 4. The Morgan fingerprint density at radius 1 is 1.47 bits per heavy atom. The van der Waals surface area contributed by atoms with Crippen molar-refractivity contribution in [2.24, 2.45) is 11.7 Å². The Kier molecular flexibility index (Phi) is 4.17. The highest BCUT2D eigenvalue weighted by Gasteiger charge is 2.25. The number of nitrogens with zero attached hydrogens (tertiary/aromatic N) is 2. The molecule has 0 saturated carbocycles. The zero-order chi connectivity index (χ0) is 12.4. The molecule has 1 aromatic rings. The molecule has 0 amide bonds. The van der Waals surface area contributed by atoms with Crippen LogP contribution < -0.4 is 5.73 Å². The van der Waals surface area contributed by atoms with E-state index in [4.69, 9.17) is 5.73 Å². The smallest absolute Gasteiger partial charge is 0.107 e. The van der Waals surface area contributed by atoms with E-state index in [-0.39, 0.29) is 0 Å². The Hall–Kier alpha value is -0.450. The lowest BCUT2D eigenvalue weighted by Gasteiger charge is -2.36. The van der Waals surface area contributed by atoms with E-state index in [0.717, 1.165) is 26.1 Å². The van der Waals surface area contributed by atoms with Gasteiger partial charge in [0.05, 0.1) is 12.2 Å². The van der Waals surface area contributed by atoms with Crippen molar-refractivity contribution in [3.05, 3.63) is 15.6 Å². The van der Waals surface area contributed by atoms with E-state index in [2.05, 4.69) is 30.7 Å². The third kappa shape index (κ3) is 3.06. The normalized spacial score (nSPS) is 26.4. The fourth-order valence-corrected chi connectivity index (χ4v) is 3.48. The van der Waals surface area contributed by atoms with E-state index < -0.39 is 0 Å². The van der Waals surface area contributed by atoms with Crippen LogP contribution in [0.4, 0.5) is 0 Å². The molecule has 0 aliphatic carbocycles. The number of aryl methyl sites for hydroxylation is 2. The second kappa shape index (κ2) is 5.46. The summed E-state index contributed by atoms with van der Waals surface area (Å²) in [5, 5.41) is 1.25. The monoisotopic (exact) mass is 253 g/mol. The molecule has 0 aromatic carbocycles. The van der Waals surface area contributed by atoms with Crippen molar-refractivity contribution in [1.82, 2.24) is 9.88 Å². The Morgan fingerprint density at radius 3 is 2.82 bits per heavy atom. The van der Waals surface area contributed by atoms with E-state index in [0.29, 0.717) is 12.0 Å². The third-order valence-electron chi connectivity index (χ3n) is 3.83. The lowest BCUT2D eigenvalue weighted by atomic mass is 9.91.